The molecule has 1 nitrogen and oxygen atoms in total. The predicted molar refractivity (Wildman–Crippen MR) is 75.9 cm³/mol. The van der Waals surface area contributed by atoms with Crippen LogP contribution in [-0.4, -0.2) is 0 Å². The Labute approximate surface area is 119 Å². The zero-order valence-corrected chi connectivity index (χ0v) is 12.0. The zero-order valence-electron chi connectivity index (χ0n) is 10.5. The van der Waals surface area contributed by atoms with Crippen molar-refractivity contribution in [1.82, 2.24) is 0 Å². The van der Waals surface area contributed by atoms with Gasteiger partial charge in [-0.3, -0.25) is 0 Å². The quantitative estimate of drug-likeness (QED) is 0.895. The van der Waals surface area contributed by atoms with Gasteiger partial charge >= 0.3 is 0 Å². The molecule has 0 fully saturated rings. The van der Waals surface area contributed by atoms with E-state index in [1.807, 2.05) is 6.92 Å². The number of halogens is 3. The summed E-state index contributed by atoms with van der Waals surface area (Å²) < 4.78 is 26.9. The van der Waals surface area contributed by atoms with Crippen LogP contribution in [0.5, 0.6) is 0 Å². The maximum Gasteiger partial charge on any atom is 0.137 e. The highest BCUT2D eigenvalue weighted by molar-refractivity contribution is 9.10. The lowest BCUT2D eigenvalue weighted by molar-refractivity contribution is 0.611. The Morgan fingerprint density at radius 3 is 2.53 bits per heavy atom. The van der Waals surface area contributed by atoms with Crippen molar-refractivity contribution in [2.45, 2.75) is 19.4 Å². The van der Waals surface area contributed by atoms with E-state index in [1.54, 1.807) is 18.2 Å². The number of aryl methyl sites for hydroxylation is 1. The van der Waals surface area contributed by atoms with Crippen LogP contribution in [0.4, 0.5) is 8.78 Å². The first-order valence-corrected chi connectivity index (χ1v) is 6.72. The Morgan fingerprint density at radius 2 is 1.89 bits per heavy atom. The van der Waals surface area contributed by atoms with Crippen molar-refractivity contribution in [1.29, 1.82) is 0 Å². The Bertz CT molecular complexity index is 599. The highest BCUT2D eigenvalue weighted by Gasteiger charge is 2.11. The maximum absolute atomic E-state index is 13.5. The molecule has 0 aliphatic carbocycles. The fraction of sp³-hybridized carbons (Fsp3) is 0.200. The van der Waals surface area contributed by atoms with E-state index in [0.29, 0.717) is 10.9 Å². The predicted octanol–water partition coefficient (Wildman–Crippen LogP) is 4.28. The lowest BCUT2D eigenvalue weighted by atomic mass is 9.97. The van der Waals surface area contributed by atoms with Crippen molar-refractivity contribution in [2.75, 3.05) is 0 Å². The first-order chi connectivity index (χ1) is 8.97. The van der Waals surface area contributed by atoms with Crippen LogP contribution in [0.15, 0.2) is 40.9 Å². The normalized spacial score (nSPS) is 12.5. The first kappa shape index (κ1) is 14.2. The molecule has 4 heteroatoms. The molecule has 2 rings (SSSR count). The van der Waals surface area contributed by atoms with Crippen molar-refractivity contribution in [3.8, 4) is 0 Å². The van der Waals surface area contributed by atoms with Crippen LogP contribution in [-0.2, 0) is 6.42 Å². The summed E-state index contributed by atoms with van der Waals surface area (Å²) in [7, 11) is 0. The van der Waals surface area contributed by atoms with E-state index in [4.69, 9.17) is 5.73 Å². The van der Waals surface area contributed by atoms with E-state index in [2.05, 4.69) is 15.9 Å². The summed E-state index contributed by atoms with van der Waals surface area (Å²) in [4.78, 5) is 0. The molecule has 0 bridgehead atoms. The second-order valence-corrected chi connectivity index (χ2v) is 5.41. The third-order valence-corrected chi connectivity index (χ3v) is 3.76. The molecule has 1 unspecified atom stereocenters. The van der Waals surface area contributed by atoms with Gasteiger partial charge in [-0.1, -0.05) is 12.1 Å². The van der Waals surface area contributed by atoms with E-state index >= 15 is 0 Å². The van der Waals surface area contributed by atoms with Gasteiger partial charge in [0, 0.05) is 6.04 Å². The van der Waals surface area contributed by atoms with Gasteiger partial charge in [-0.05, 0) is 70.2 Å². The largest absolute Gasteiger partial charge is 0.324 e. The molecule has 0 aromatic heterocycles. The van der Waals surface area contributed by atoms with Gasteiger partial charge in [-0.15, -0.1) is 0 Å². The van der Waals surface area contributed by atoms with Gasteiger partial charge in [0.1, 0.15) is 11.6 Å². The lowest BCUT2D eigenvalue weighted by Gasteiger charge is -2.14. The molecule has 100 valence electrons. The molecular formula is C15H14BrF2N. The second-order valence-electron chi connectivity index (χ2n) is 4.55. The van der Waals surface area contributed by atoms with Gasteiger partial charge in [0.25, 0.3) is 0 Å². The minimum Gasteiger partial charge on any atom is -0.324 e. The van der Waals surface area contributed by atoms with Gasteiger partial charge in [-0.25, -0.2) is 8.78 Å². The number of rotatable bonds is 3. The van der Waals surface area contributed by atoms with Gasteiger partial charge in [-0.2, -0.15) is 0 Å². The summed E-state index contributed by atoms with van der Waals surface area (Å²) >= 11 is 3.11. The fourth-order valence-electron chi connectivity index (χ4n) is 1.99. The topological polar surface area (TPSA) is 26.0 Å². The zero-order chi connectivity index (χ0) is 14.0. The Morgan fingerprint density at radius 1 is 1.16 bits per heavy atom. The van der Waals surface area contributed by atoms with E-state index in [9.17, 15) is 8.78 Å². The van der Waals surface area contributed by atoms with Crippen molar-refractivity contribution in [3.05, 3.63) is 69.2 Å². The summed E-state index contributed by atoms with van der Waals surface area (Å²) in [5, 5.41) is 0. The molecule has 0 heterocycles. The van der Waals surface area contributed by atoms with Crippen LogP contribution >= 0.6 is 15.9 Å². The van der Waals surface area contributed by atoms with Crippen LogP contribution < -0.4 is 5.73 Å². The SMILES string of the molecule is Cc1cc(F)ccc1CC(N)c1ccc(Br)c(F)c1. The molecule has 1 atom stereocenters. The van der Waals surface area contributed by atoms with E-state index in [-0.39, 0.29) is 17.7 Å². The number of benzene rings is 2. The van der Waals surface area contributed by atoms with Gasteiger partial charge in [0.05, 0.1) is 4.47 Å². The monoisotopic (exact) mass is 325 g/mol. The summed E-state index contributed by atoms with van der Waals surface area (Å²) in [5.74, 6) is -0.590. The number of hydrogen-bond donors (Lipinski definition) is 1. The maximum atomic E-state index is 13.5. The second kappa shape index (κ2) is 5.80. The summed E-state index contributed by atoms with van der Waals surface area (Å²) in [6, 6.07) is 9.15. The van der Waals surface area contributed by atoms with Crippen LogP contribution in [0, 0.1) is 18.6 Å². The van der Waals surface area contributed by atoms with Crippen LogP contribution in [0.1, 0.15) is 22.7 Å². The van der Waals surface area contributed by atoms with Crippen molar-refractivity contribution in [3.63, 3.8) is 0 Å². The molecule has 2 N–H and O–H groups in total. The van der Waals surface area contributed by atoms with E-state index in [0.717, 1.165) is 16.7 Å². The van der Waals surface area contributed by atoms with Crippen LogP contribution in [0.2, 0.25) is 0 Å². The van der Waals surface area contributed by atoms with Crippen molar-refractivity contribution in [2.24, 2.45) is 5.73 Å². The standard InChI is InChI=1S/C15H14BrF2N/c1-9-6-12(17)4-2-10(9)8-15(19)11-3-5-13(16)14(18)7-11/h2-7,15H,8,19H2,1H3. The third kappa shape index (κ3) is 3.39. The Balaban J connectivity index is 2.20. The summed E-state index contributed by atoms with van der Waals surface area (Å²) in [5.41, 5.74) is 8.63. The summed E-state index contributed by atoms with van der Waals surface area (Å²) in [6.07, 6.45) is 0.549. The first-order valence-electron chi connectivity index (χ1n) is 5.93. The molecule has 0 saturated carbocycles. The minimum atomic E-state index is -0.330. The Kier molecular flexibility index (Phi) is 4.32. The molecule has 0 radical (unpaired) electrons. The average Bonchev–Trinajstić information content (AvgIpc) is 2.36. The molecule has 0 aliphatic rings. The van der Waals surface area contributed by atoms with Crippen LogP contribution in [0.3, 0.4) is 0 Å². The molecule has 19 heavy (non-hydrogen) atoms. The number of hydrogen-bond acceptors (Lipinski definition) is 1. The summed E-state index contributed by atoms with van der Waals surface area (Å²) in [6.45, 7) is 1.84. The van der Waals surface area contributed by atoms with Crippen LogP contribution in [0.25, 0.3) is 0 Å². The van der Waals surface area contributed by atoms with E-state index in [1.165, 1.54) is 18.2 Å². The molecule has 0 amide bonds. The smallest absolute Gasteiger partial charge is 0.137 e. The molecule has 0 aliphatic heterocycles. The molecule has 2 aromatic carbocycles. The molecule has 0 spiro atoms. The lowest BCUT2D eigenvalue weighted by Crippen LogP contribution is -2.14. The minimum absolute atomic E-state index is 0.260. The molecule has 2 aromatic rings. The highest BCUT2D eigenvalue weighted by Crippen LogP contribution is 2.23. The Hall–Kier alpha value is -1.26. The van der Waals surface area contributed by atoms with E-state index < -0.39 is 0 Å². The average molecular weight is 326 g/mol. The van der Waals surface area contributed by atoms with Gasteiger partial charge in [0.15, 0.2) is 0 Å². The fourth-order valence-corrected chi connectivity index (χ4v) is 2.23. The van der Waals surface area contributed by atoms with Crippen molar-refractivity contribution >= 4 is 15.9 Å². The van der Waals surface area contributed by atoms with Gasteiger partial charge < -0.3 is 5.73 Å². The van der Waals surface area contributed by atoms with Gasteiger partial charge in [0.2, 0.25) is 0 Å². The molecule has 0 saturated heterocycles. The molecular weight excluding hydrogens is 312 g/mol. The number of nitrogens with two attached hydrogens (primary N) is 1. The highest BCUT2D eigenvalue weighted by atomic mass is 79.9. The van der Waals surface area contributed by atoms with Crippen molar-refractivity contribution < 1.29 is 8.78 Å². The third-order valence-electron chi connectivity index (χ3n) is 3.12.